The lowest BCUT2D eigenvalue weighted by molar-refractivity contribution is 0.103. The third-order valence-electron chi connectivity index (χ3n) is 3.10. The maximum absolute atomic E-state index is 14.0. The molecular formula is C15H8BrClFNO. The van der Waals surface area contributed by atoms with Crippen molar-refractivity contribution in [3.63, 3.8) is 0 Å². The number of aromatic amines is 1. The van der Waals surface area contributed by atoms with Crippen LogP contribution in [0.4, 0.5) is 4.39 Å². The third kappa shape index (κ3) is 2.05. The number of ketones is 1. The van der Waals surface area contributed by atoms with Crippen molar-refractivity contribution in [2.45, 2.75) is 0 Å². The number of carbonyl (C=O) groups is 1. The van der Waals surface area contributed by atoms with Gasteiger partial charge in [-0.25, -0.2) is 4.39 Å². The van der Waals surface area contributed by atoms with Gasteiger partial charge in [0.2, 0.25) is 0 Å². The van der Waals surface area contributed by atoms with Crippen molar-refractivity contribution in [3.05, 3.63) is 69.0 Å². The molecule has 2 nitrogen and oxygen atoms in total. The van der Waals surface area contributed by atoms with Gasteiger partial charge in [-0.2, -0.15) is 0 Å². The normalized spacial score (nSPS) is 10.9. The highest BCUT2D eigenvalue weighted by Gasteiger charge is 2.20. The molecule has 1 aromatic heterocycles. The number of fused-ring (bicyclic) bond motifs is 1. The van der Waals surface area contributed by atoms with Gasteiger partial charge in [-0.05, 0) is 40.2 Å². The van der Waals surface area contributed by atoms with Crippen LogP contribution in [0, 0.1) is 5.82 Å². The lowest BCUT2D eigenvalue weighted by Gasteiger charge is -2.04. The number of nitrogens with one attached hydrogen (secondary N) is 1. The SMILES string of the molecule is O=C(c1cccc(Br)c1F)c1c[nH]c2cccc(Cl)c12. The smallest absolute Gasteiger partial charge is 0.198 e. The molecule has 20 heavy (non-hydrogen) atoms. The van der Waals surface area contributed by atoms with Gasteiger partial charge in [-0.15, -0.1) is 0 Å². The lowest BCUT2D eigenvalue weighted by Crippen LogP contribution is -2.04. The van der Waals surface area contributed by atoms with Crippen LogP contribution >= 0.6 is 27.5 Å². The molecule has 100 valence electrons. The number of aromatic nitrogens is 1. The largest absolute Gasteiger partial charge is 0.360 e. The van der Waals surface area contributed by atoms with Gasteiger partial charge >= 0.3 is 0 Å². The summed E-state index contributed by atoms with van der Waals surface area (Å²) in [6.07, 6.45) is 1.55. The molecule has 2 aromatic carbocycles. The summed E-state index contributed by atoms with van der Waals surface area (Å²) in [6, 6.07) is 9.93. The maximum Gasteiger partial charge on any atom is 0.198 e. The molecule has 1 N–H and O–H groups in total. The third-order valence-corrected chi connectivity index (χ3v) is 4.02. The summed E-state index contributed by atoms with van der Waals surface area (Å²) >= 11 is 9.21. The van der Waals surface area contributed by atoms with E-state index in [0.717, 1.165) is 5.52 Å². The minimum Gasteiger partial charge on any atom is -0.360 e. The second-order valence-electron chi connectivity index (χ2n) is 4.30. The molecule has 0 aliphatic carbocycles. The number of carbonyl (C=O) groups excluding carboxylic acids is 1. The van der Waals surface area contributed by atoms with Gasteiger partial charge < -0.3 is 4.98 Å². The van der Waals surface area contributed by atoms with Crippen LogP contribution in [0.5, 0.6) is 0 Å². The van der Waals surface area contributed by atoms with Gasteiger partial charge in [0, 0.05) is 22.7 Å². The topological polar surface area (TPSA) is 32.9 Å². The van der Waals surface area contributed by atoms with Crippen LogP contribution in [-0.4, -0.2) is 10.8 Å². The molecule has 0 atom stereocenters. The molecule has 0 aliphatic rings. The fraction of sp³-hybridized carbons (Fsp3) is 0. The van der Waals surface area contributed by atoms with Crippen LogP contribution < -0.4 is 0 Å². The van der Waals surface area contributed by atoms with Gasteiger partial charge in [-0.1, -0.05) is 23.7 Å². The highest BCUT2D eigenvalue weighted by molar-refractivity contribution is 9.10. The van der Waals surface area contributed by atoms with Gasteiger partial charge in [0.05, 0.1) is 15.1 Å². The first kappa shape index (κ1) is 13.3. The Hall–Kier alpha value is -1.65. The number of H-pyrrole nitrogens is 1. The highest BCUT2D eigenvalue weighted by atomic mass is 79.9. The maximum atomic E-state index is 14.0. The van der Waals surface area contributed by atoms with E-state index < -0.39 is 11.6 Å². The van der Waals surface area contributed by atoms with Crippen LogP contribution in [0.3, 0.4) is 0 Å². The molecule has 0 fully saturated rings. The van der Waals surface area contributed by atoms with Crippen LogP contribution in [-0.2, 0) is 0 Å². The predicted molar refractivity (Wildman–Crippen MR) is 80.8 cm³/mol. The van der Waals surface area contributed by atoms with Crippen molar-refractivity contribution < 1.29 is 9.18 Å². The minimum absolute atomic E-state index is 0.0141. The van der Waals surface area contributed by atoms with Gasteiger partial charge in [0.1, 0.15) is 5.82 Å². The van der Waals surface area contributed by atoms with E-state index in [1.807, 2.05) is 6.07 Å². The van der Waals surface area contributed by atoms with Crippen molar-refractivity contribution in [1.29, 1.82) is 0 Å². The summed E-state index contributed by atoms with van der Waals surface area (Å²) in [4.78, 5) is 15.5. The van der Waals surface area contributed by atoms with Gasteiger partial charge in [-0.3, -0.25) is 4.79 Å². The van der Waals surface area contributed by atoms with E-state index in [1.165, 1.54) is 6.07 Å². The molecule has 0 unspecified atom stereocenters. The quantitative estimate of drug-likeness (QED) is 0.650. The average Bonchev–Trinajstić information content (AvgIpc) is 2.86. The lowest BCUT2D eigenvalue weighted by atomic mass is 10.0. The van der Waals surface area contributed by atoms with Gasteiger partial charge in [0.25, 0.3) is 0 Å². The number of halogens is 3. The summed E-state index contributed by atoms with van der Waals surface area (Å²) in [5, 5.41) is 1.07. The Balaban J connectivity index is 2.21. The van der Waals surface area contributed by atoms with Crippen molar-refractivity contribution in [1.82, 2.24) is 4.98 Å². The van der Waals surface area contributed by atoms with Crippen molar-refractivity contribution >= 4 is 44.2 Å². The molecule has 0 amide bonds. The molecule has 0 bridgehead atoms. The molecule has 0 saturated carbocycles. The summed E-state index contributed by atoms with van der Waals surface area (Å²) in [5.74, 6) is -0.970. The first-order valence-corrected chi connectivity index (χ1v) is 7.01. The van der Waals surface area contributed by atoms with E-state index in [1.54, 1.807) is 30.5 Å². The van der Waals surface area contributed by atoms with Crippen molar-refractivity contribution in [2.24, 2.45) is 0 Å². The predicted octanol–water partition coefficient (Wildman–Crippen LogP) is 4.95. The second-order valence-corrected chi connectivity index (χ2v) is 5.56. The highest BCUT2D eigenvalue weighted by Crippen LogP contribution is 2.29. The number of hydrogen-bond donors (Lipinski definition) is 1. The molecule has 0 saturated heterocycles. The van der Waals surface area contributed by atoms with Crippen LogP contribution in [0.1, 0.15) is 15.9 Å². The monoisotopic (exact) mass is 351 g/mol. The second kappa shape index (κ2) is 5.04. The first-order chi connectivity index (χ1) is 9.59. The van der Waals surface area contributed by atoms with E-state index in [9.17, 15) is 9.18 Å². The molecule has 5 heteroatoms. The number of hydrogen-bond acceptors (Lipinski definition) is 1. The first-order valence-electron chi connectivity index (χ1n) is 5.84. The molecular weight excluding hydrogens is 345 g/mol. The standard InChI is InChI=1S/C15H8BrClFNO/c16-10-4-1-3-8(14(10)18)15(20)9-7-19-12-6-2-5-11(17)13(9)12/h1-7,19H. The van der Waals surface area contributed by atoms with Crippen LogP contribution in [0.25, 0.3) is 10.9 Å². The number of benzene rings is 2. The molecule has 0 aliphatic heterocycles. The average molecular weight is 353 g/mol. The van der Waals surface area contributed by atoms with E-state index in [2.05, 4.69) is 20.9 Å². The Kier molecular flexibility index (Phi) is 3.36. The molecule has 3 rings (SSSR count). The fourth-order valence-electron chi connectivity index (χ4n) is 2.14. The van der Waals surface area contributed by atoms with Crippen LogP contribution in [0.2, 0.25) is 5.02 Å². The Morgan fingerprint density at radius 3 is 2.70 bits per heavy atom. The Labute approximate surface area is 127 Å². The summed E-state index contributed by atoms with van der Waals surface area (Å²) in [6.45, 7) is 0. The Morgan fingerprint density at radius 1 is 1.15 bits per heavy atom. The summed E-state index contributed by atoms with van der Waals surface area (Å²) in [5.41, 5.74) is 1.12. The molecule has 3 aromatic rings. The molecule has 1 heterocycles. The van der Waals surface area contributed by atoms with Crippen molar-refractivity contribution in [3.8, 4) is 0 Å². The zero-order chi connectivity index (χ0) is 14.3. The number of rotatable bonds is 2. The summed E-state index contributed by atoms with van der Waals surface area (Å²) < 4.78 is 14.3. The van der Waals surface area contributed by atoms with Crippen LogP contribution in [0.15, 0.2) is 47.1 Å². The molecule has 0 radical (unpaired) electrons. The Morgan fingerprint density at radius 2 is 1.90 bits per heavy atom. The minimum atomic E-state index is -0.570. The van der Waals surface area contributed by atoms with Crippen molar-refractivity contribution in [2.75, 3.05) is 0 Å². The van der Waals surface area contributed by atoms with E-state index in [4.69, 9.17) is 11.6 Å². The fourth-order valence-corrected chi connectivity index (χ4v) is 2.79. The summed E-state index contributed by atoms with van der Waals surface area (Å²) in [7, 11) is 0. The van der Waals surface area contributed by atoms with Gasteiger partial charge in [0.15, 0.2) is 5.78 Å². The Bertz CT molecular complexity index is 828. The zero-order valence-corrected chi connectivity index (χ0v) is 12.4. The van der Waals surface area contributed by atoms with E-state index in [-0.39, 0.29) is 10.0 Å². The van der Waals surface area contributed by atoms with E-state index in [0.29, 0.717) is 16.0 Å². The van der Waals surface area contributed by atoms with E-state index >= 15 is 0 Å². The zero-order valence-electron chi connectivity index (χ0n) is 10.1. The molecule has 0 spiro atoms.